The van der Waals surface area contributed by atoms with Crippen molar-refractivity contribution in [3.8, 4) is 11.4 Å². The molecule has 0 spiro atoms. The highest BCUT2D eigenvalue weighted by molar-refractivity contribution is 14.1. The molecule has 5 nitrogen and oxygen atoms in total. The topological polar surface area (TPSA) is 67.9 Å². The van der Waals surface area contributed by atoms with Gasteiger partial charge in [-0.3, -0.25) is 9.78 Å². The van der Waals surface area contributed by atoms with Gasteiger partial charge in [0.2, 0.25) is 0 Å². The maximum Gasteiger partial charge on any atom is 0.264 e. The van der Waals surface area contributed by atoms with Gasteiger partial charge in [0.1, 0.15) is 9.39 Å². The maximum atomic E-state index is 11.7. The van der Waals surface area contributed by atoms with Gasteiger partial charge in [-0.25, -0.2) is 4.98 Å². The van der Waals surface area contributed by atoms with Crippen LogP contribution in [-0.2, 0) is 11.3 Å². The van der Waals surface area contributed by atoms with Crippen molar-refractivity contribution in [2.24, 2.45) is 0 Å². The van der Waals surface area contributed by atoms with E-state index in [0.717, 1.165) is 5.56 Å². The van der Waals surface area contributed by atoms with Gasteiger partial charge >= 0.3 is 0 Å². The lowest BCUT2D eigenvalue weighted by Gasteiger charge is -2.05. The Morgan fingerprint density at radius 1 is 1.41 bits per heavy atom. The van der Waals surface area contributed by atoms with Gasteiger partial charge in [0, 0.05) is 25.1 Å². The van der Waals surface area contributed by atoms with Crippen LogP contribution in [0, 0.1) is 3.57 Å². The summed E-state index contributed by atoms with van der Waals surface area (Å²) in [5, 5.41) is 0. The third-order valence-electron chi connectivity index (χ3n) is 2.17. The summed E-state index contributed by atoms with van der Waals surface area (Å²) < 4.78 is 5.58. The fraction of sp³-hybridized carbons (Fsp3) is 0.182. The molecular formula is C11H10IN3O2. The Hall–Kier alpha value is -1.28. The molecule has 0 amide bonds. The van der Waals surface area contributed by atoms with Crippen molar-refractivity contribution in [2.75, 3.05) is 7.11 Å². The van der Waals surface area contributed by atoms with Gasteiger partial charge in [-0.15, -0.1) is 0 Å². The van der Waals surface area contributed by atoms with E-state index in [4.69, 9.17) is 4.74 Å². The van der Waals surface area contributed by atoms with E-state index in [1.807, 2.05) is 22.6 Å². The predicted molar refractivity (Wildman–Crippen MR) is 71.5 cm³/mol. The number of H-pyrrole nitrogens is 1. The van der Waals surface area contributed by atoms with Crippen molar-refractivity contribution in [3.63, 3.8) is 0 Å². The zero-order valence-electron chi connectivity index (χ0n) is 9.11. The monoisotopic (exact) mass is 343 g/mol. The van der Waals surface area contributed by atoms with Crippen molar-refractivity contribution in [3.05, 3.63) is 44.1 Å². The number of rotatable bonds is 3. The van der Waals surface area contributed by atoms with Gasteiger partial charge < -0.3 is 9.72 Å². The van der Waals surface area contributed by atoms with E-state index >= 15 is 0 Å². The highest BCUT2D eigenvalue weighted by Crippen LogP contribution is 2.14. The average molecular weight is 343 g/mol. The summed E-state index contributed by atoms with van der Waals surface area (Å²) in [6.07, 6.45) is 3.31. The molecule has 0 atom stereocenters. The smallest absolute Gasteiger partial charge is 0.264 e. The van der Waals surface area contributed by atoms with Crippen molar-refractivity contribution < 1.29 is 4.74 Å². The minimum atomic E-state index is -0.153. The van der Waals surface area contributed by atoms with Crippen LogP contribution in [0.5, 0.6) is 0 Å². The van der Waals surface area contributed by atoms with Crippen LogP contribution < -0.4 is 5.56 Å². The Bertz CT molecular complexity index is 569. The molecule has 0 saturated heterocycles. The molecule has 0 fully saturated rings. The van der Waals surface area contributed by atoms with Crippen molar-refractivity contribution in [2.45, 2.75) is 6.61 Å². The molecule has 2 heterocycles. The van der Waals surface area contributed by atoms with Gasteiger partial charge in [-0.05, 0) is 34.7 Å². The third kappa shape index (κ3) is 2.70. The summed E-state index contributed by atoms with van der Waals surface area (Å²) in [6.45, 7) is 0.320. The first kappa shape index (κ1) is 12.2. The number of nitrogens with one attached hydrogen (secondary N) is 1. The van der Waals surface area contributed by atoms with E-state index in [9.17, 15) is 4.79 Å². The number of hydrogen-bond acceptors (Lipinski definition) is 4. The van der Waals surface area contributed by atoms with E-state index in [1.54, 1.807) is 31.6 Å². The molecule has 0 bridgehead atoms. The van der Waals surface area contributed by atoms with Crippen molar-refractivity contribution in [1.82, 2.24) is 15.0 Å². The molecular weight excluding hydrogens is 333 g/mol. The number of nitrogens with zero attached hydrogens (tertiary/aromatic N) is 2. The van der Waals surface area contributed by atoms with Crippen LogP contribution in [0.2, 0.25) is 0 Å². The van der Waals surface area contributed by atoms with Crippen LogP contribution in [-0.4, -0.2) is 22.1 Å². The molecule has 88 valence electrons. The zero-order chi connectivity index (χ0) is 12.3. The SMILES string of the molecule is COCc1nc(-c2ccncc2)[nH]c(=O)c1I. The Morgan fingerprint density at radius 3 is 2.76 bits per heavy atom. The molecule has 0 aliphatic heterocycles. The first-order chi connectivity index (χ1) is 8.22. The van der Waals surface area contributed by atoms with Gasteiger partial charge in [0.05, 0.1) is 12.3 Å². The van der Waals surface area contributed by atoms with Gasteiger partial charge in [-0.2, -0.15) is 0 Å². The summed E-state index contributed by atoms with van der Waals surface area (Å²) in [5.74, 6) is 0.532. The highest BCUT2D eigenvalue weighted by Gasteiger charge is 2.09. The van der Waals surface area contributed by atoms with E-state index < -0.39 is 0 Å². The molecule has 0 saturated carbocycles. The number of halogens is 1. The Labute approximate surface area is 111 Å². The second-order valence-corrected chi connectivity index (χ2v) is 4.42. The van der Waals surface area contributed by atoms with Crippen LogP contribution in [0.1, 0.15) is 5.69 Å². The maximum absolute atomic E-state index is 11.7. The quantitative estimate of drug-likeness (QED) is 0.860. The molecule has 0 radical (unpaired) electrons. The summed E-state index contributed by atoms with van der Waals surface area (Å²) in [7, 11) is 1.57. The molecule has 2 aromatic heterocycles. The van der Waals surface area contributed by atoms with E-state index in [2.05, 4.69) is 15.0 Å². The molecule has 0 unspecified atom stereocenters. The fourth-order valence-corrected chi connectivity index (χ4v) is 1.80. The standard InChI is InChI=1S/C11H10IN3O2/c1-17-6-8-9(12)11(16)15-10(14-8)7-2-4-13-5-3-7/h2-5H,6H2,1H3,(H,14,15,16). The summed E-state index contributed by atoms with van der Waals surface area (Å²) in [5.41, 5.74) is 1.31. The molecule has 2 rings (SSSR count). The van der Waals surface area contributed by atoms with Crippen LogP contribution >= 0.6 is 22.6 Å². The minimum Gasteiger partial charge on any atom is -0.378 e. The first-order valence-electron chi connectivity index (χ1n) is 4.90. The second kappa shape index (κ2) is 5.37. The number of aromatic nitrogens is 3. The minimum absolute atomic E-state index is 0.153. The number of pyridine rings is 1. The molecule has 6 heteroatoms. The normalized spacial score (nSPS) is 10.5. The van der Waals surface area contributed by atoms with Crippen LogP contribution in [0.15, 0.2) is 29.3 Å². The third-order valence-corrected chi connectivity index (χ3v) is 3.28. The zero-order valence-corrected chi connectivity index (χ0v) is 11.3. The lowest BCUT2D eigenvalue weighted by Crippen LogP contribution is -2.16. The Balaban J connectivity index is 2.53. The van der Waals surface area contributed by atoms with Gasteiger partial charge in [-0.1, -0.05) is 0 Å². The summed E-state index contributed by atoms with van der Waals surface area (Å²) >= 11 is 1.97. The van der Waals surface area contributed by atoms with E-state index in [1.165, 1.54) is 0 Å². The lowest BCUT2D eigenvalue weighted by molar-refractivity contribution is 0.180. The van der Waals surface area contributed by atoms with Crippen molar-refractivity contribution in [1.29, 1.82) is 0 Å². The average Bonchev–Trinajstić information content (AvgIpc) is 2.36. The Morgan fingerprint density at radius 2 is 2.12 bits per heavy atom. The number of aromatic amines is 1. The number of hydrogen-bond donors (Lipinski definition) is 1. The second-order valence-electron chi connectivity index (χ2n) is 3.34. The fourth-order valence-electron chi connectivity index (χ4n) is 1.38. The largest absolute Gasteiger partial charge is 0.378 e. The lowest BCUT2D eigenvalue weighted by atomic mass is 10.2. The molecule has 17 heavy (non-hydrogen) atoms. The van der Waals surface area contributed by atoms with Crippen LogP contribution in [0.4, 0.5) is 0 Å². The van der Waals surface area contributed by atoms with Crippen LogP contribution in [0.3, 0.4) is 0 Å². The Kier molecular flexibility index (Phi) is 3.85. The molecule has 0 aliphatic carbocycles. The van der Waals surface area contributed by atoms with E-state index in [0.29, 0.717) is 21.7 Å². The van der Waals surface area contributed by atoms with Crippen molar-refractivity contribution >= 4 is 22.6 Å². The highest BCUT2D eigenvalue weighted by atomic mass is 127. The predicted octanol–water partition coefficient (Wildman–Crippen LogP) is 1.58. The van der Waals surface area contributed by atoms with Gasteiger partial charge in [0.25, 0.3) is 5.56 Å². The molecule has 2 aromatic rings. The summed E-state index contributed by atoms with van der Waals surface area (Å²) in [4.78, 5) is 22.8. The first-order valence-corrected chi connectivity index (χ1v) is 5.98. The summed E-state index contributed by atoms with van der Waals surface area (Å²) in [6, 6.07) is 3.59. The molecule has 0 aliphatic rings. The number of ether oxygens (including phenoxy) is 1. The van der Waals surface area contributed by atoms with Crippen LogP contribution in [0.25, 0.3) is 11.4 Å². The molecule has 1 N–H and O–H groups in total. The van der Waals surface area contributed by atoms with E-state index in [-0.39, 0.29) is 5.56 Å². The van der Waals surface area contributed by atoms with Gasteiger partial charge in [0.15, 0.2) is 0 Å². The molecule has 0 aromatic carbocycles. The number of methoxy groups -OCH3 is 1.